The highest BCUT2D eigenvalue weighted by molar-refractivity contribution is 5.68. The first-order chi connectivity index (χ1) is 13.3. The van der Waals surface area contributed by atoms with Crippen LogP contribution in [0.15, 0.2) is 17.8 Å². The van der Waals surface area contributed by atoms with E-state index < -0.39 is 48.6 Å². The second-order valence-electron chi connectivity index (χ2n) is 5.99. The van der Waals surface area contributed by atoms with Crippen LogP contribution in [0.25, 0.3) is 10.4 Å². The second kappa shape index (κ2) is 12.0. The Balaban J connectivity index is 3.16. The van der Waals surface area contributed by atoms with Crippen molar-refractivity contribution in [1.82, 2.24) is 0 Å². The van der Waals surface area contributed by atoms with Gasteiger partial charge in [-0.3, -0.25) is 14.4 Å². The first kappa shape index (κ1) is 23.4. The molecule has 1 saturated heterocycles. The van der Waals surface area contributed by atoms with Crippen molar-refractivity contribution in [2.24, 2.45) is 5.11 Å². The van der Waals surface area contributed by atoms with Crippen LogP contribution in [-0.4, -0.2) is 61.8 Å². The minimum atomic E-state index is -1.18. The van der Waals surface area contributed by atoms with Gasteiger partial charge in [-0.05, 0) is 18.4 Å². The van der Waals surface area contributed by atoms with Gasteiger partial charge in [0.05, 0.1) is 6.61 Å². The van der Waals surface area contributed by atoms with E-state index in [1.54, 1.807) is 6.08 Å². The molecule has 1 rings (SSSR count). The lowest BCUT2D eigenvalue weighted by molar-refractivity contribution is -0.273. The van der Waals surface area contributed by atoms with Crippen molar-refractivity contribution in [3.63, 3.8) is 0 Å². The predicted octanol–water partition coefficient (Wildman–Crippen LogP) is 1.80. The van der Waals surface area contributed by atoms with Gasteiger partial charge in [0.2, 0.25) is 0 Å². The molecule has 28 heavy (non-hydrogen) atoms. The fraction of sp³-hybridized carbons (Fsp3) is 0.706. The maximum Gasteiger partial charge on any atom is 0.303 e. The average Bonchev–Trinajstić information content (AvgIpc) is 2.60. The minimum absolute atomic E-state index is 0.249. The first-order valence-corrected chi connectivity index (χ1v) is 8.70. The Morgan fingerprint density at radius 1 is 1.14 bits per heavy atom. The van der Waals surface area contributed by atoms with Crippen molar-refractivity contribution < 1.29 is 38.1 Å². The molecule has 0 spiro atoms. The maximum atomic E-state index is 11.6. The molecule has 11 heteroatoms. The predicted molar refractivity (Wildman–Crippen MR) is 94.7 cm³/mol. The summed E-state index contributed by atoms with van der Waals surface area (Å²) in [5.74, 6) is -1.93. The van der Waals surface area contributed by atoms with E-state index in [1.807, 2.05) is 0 Å². The Morgan fingerprint density at radius 3 is 2.32 bits per heavy atom. The van der Waals surface area contributed by atoms with E-state index in [1.165, 1.54) is 6.92 Å². The molecule has 1 heterocycles. The summed E-state index contributed by atoms with van der Waals surface area (Å²) in [6.07, 6.45) is -1.40. The highest BCUT2D eigenvalue weighted by Gasteiger charge is 2.50. The van der Waals surface area contributed by atoms with Crippen LogP contribution >= 0.6 is 0 Å². The van der Waals surface area contributed by atoms with E-state index in [0.717, 1.165) is 13.8 Å². The van der Waals surface area contributed by atoms with Gasteiger partial charge < -0.3 is 23.7 Å². The van der Waals surface area contributed by atoms with Gasteiger partial charge in [0.15, 0.2) is 18.5 Å². The highest BCUT2D eigenvalue weighted by Crippen LogP contribution is 2.30. The lowest BCUT2D eigenvalue weighted by Crippen LogP contribution is -2.61. The zero-order chi connectivity index (χ0) is 21.1. The molecule has 1 aliphatic rings. The average molecular weight is 399 g/mol. The molecule has 0 aromatic rings. The third-order valence-electron chi connectivity index (χ3n) is 3.69. The van der Waals surface area contributed by atoms with E-state index in [-0.39, 0.29) is 13.2 Å². The first-order valence-electron chi connectivity index (χ1n) is 8.70. The van der Waals surface area contributed by atoms with Crippen LogP contribution in [0.1, 0.15) is 33.6 Å². The van der Waals surface area contributed by atoms with Gasteiger partial charge in [-0.15, -0.1) is 6.58 Å². The number of carbonyl (C=O) groups is 3. The lowest BCUT2D eigenvalue weighted by Gasteiger charge is -2.43. The quantitative estimate of drug-likeness (QED) is 0.103. The summed E-state index contributed by atoms with van der Waals surface area (Å²) in [5.41, 5.74) is 8.92. The summed E-state index contributed by atoms with van der Waals surface area (Å²) < 4.78 is 26.9. The summed E-state index contributed by atoms with van der Waals surface area (Å²) in [5, 5.41) is 3.62. The summed E-state index contributed by atoms with van der Waals surface area (Å²) in [4.78, 5) is 37.1. The molecule has 156 valence electrons. The van der Waals surface area contributed by atoms with Crippen LogP contribution in [0.4, 0.5) is 0 Å². The lowest BCUT2D eigenvalue weighted by atomic mass is 9.97. The van der Waals surface area contributed by atoms with Crippen molar-refractivity contribution in [2.75, 3.05) is 13.2 Å². The van der Waals surface area contributed by atoms with Gasteiger partial charge >= 0.3 is 17.9 Å². The molecule has 5 atom stereocenters. The van der Waals surface area contributed by atoms with Gasteiger partial charge in [-0.2, -0.15) is 0 Å². The minimum Gasteiger partial charge on any atom is -0.463 e. The molecule has 0 saturated carbocycles. The molecule has 1 fully saturated rings. The molecule has 1 aliphatic heterocycles. The van der Waals surface area contributed by atoms with Gasteiger partial charge in [0.1, 0.15) is 18.8 Å². The van der Waals surface area contributed by atoms with Gasteiger partial charge in [0, 0.05) is 25.7 Å². The Hall–Kier alpha value is -2.62. The molecule has 0 aromatic heterocycles. The molecule has 11 nitrogen and oxygen atoms in total. The number of esters is 3. The van der Waals surface area contributed by atoms with Crippen molar-refractivity contribution in [1.29, 1.82) is 0 Å². The Labute approximate surface area is 162 Å². The number of nitrogens with zero attached hydrogens (tertiary/aromatic N) is 3. The van der Waals surface area contributed by atoms with Crippen LogP contribution in [0.5, 0.6) is 0 Å². The molecule has 0 aromatic carbocycles. The van der Waals surface area contributed by atoms with Crippen molar-refractivity contribution in [3.8, 4) is 0 Å². The molecule has 0 N–H and O–H groups in total. The molecular formula is C17H25N3O8. The fourth-order valence-corrected chi connectivity index (χ4v) is 2.63. The summed E-state index contributed by atoms with van der Waals surface area (Å²) in [7, 11) is 0. The van der Waals surface area contributed by atoms with Crippen LogP contribution in [0.3, 0.4) is 0 Å². The van der Waals surface area contributed by atoms with Crippen molar-refractivity contribution in [3.05, 3.63) is 23.1 Å². The smallest absolute Gasteiger partial charge is 0.303 e. The molecule has 0 amide bonds. The van der Waals surface area contributed by atoms with Gasteiger partial charge in [0.25, 0.3) is 0 Å². The number of ether oxygens (including phenoxy) is 5. The standard InChI is InChI=1S/C17H25N3O8/c1-5-6-7-8-24-17-14(19-20-18)16(27-12(4)23)15(26-11(3)22)13(28-17)9-25-10(2)21/h5,13-17H,1,6-9H2,2-4H3/t13-,14-,15+,16-,17?/m1/s1. The van der Waals surface area contributed by atoms with Crippen LogP contribution in [0, 0.1) is 0 Å². The molecular weight excluding hydrogens is 374 g/mol. The van der Waals surface area contributed by atoms with Crippen molar-refractivity contribution in [2.45, 2.75) is 64.3 Å². The van der Waals surface area contributed by atoms with E-state index in [0.29, 0.717) is 12.8 Å². The van der Waals surface area contributed by atoms with Crippen molar-refractivity contribution >= 4 is 17.9 Å². The van der Waals surface area contributed by atoms with E-state index in [9.17, 15) is 14.4 Å². The number of rotatable bonds is 10. The third kappa shape index (κ3) is 7.55. The summed E-state index contributed by atoms with van der Waals surface area (Å²) in [6.45, 7) is 7.12. The number of hydrogen-bond acceptors (Lipinski definition) is 9. The van der Waals surface area contributed by atoms with Gasteiger partial charge in [-0.1, -0.05) is 11.2 Å². The van der Waals surface area contributed by atoms with E-state index in [4.69, 9.17) is 29.2 Å². The number of carbonyl (C=O) groups excluding carboxylic acids is 3. The number of unbranched alkanes of at least 4 members (excludes halogenated alkanes) is 1. The maximum absolute atomic E-state index is 11.6. The summed E-state index contributed by atoms with van der Waals surface area (Å²) in [6, 6.07) is -1.12. The topological polar surface area (TPSA) is 146 Å². The molecule has 0 aliphatic carbocycles. The van der Waals surface area contributed by atoms with Gasteiger partial charge in [-0.25, -0.2) is 0 Å². The normalized spacial score (nSPS) is 26.5. The Bertz CT molecular complexity index is 620. The second-order valence-corrected chi connectivity index (χ2v) is 5.99. The third-order valence-corrected chi connectivity index (χ3v) is 3.69. The van der Waals surface area contributed by atoms with Crippen LogP contribution < -0.4 is 0 Å². The molecule has 0 bridgehead atoms. The number of azide groups is 1. The zero-order valence-corrected chi connectivity index (χ0v) is 16.1. The summed E-state index contributed by atoms with van der Waals surface area (Å²) >= 11 is 0. The van der Waals surface area contributed by atoms with Crippen LogP contribution in [0.2, 0.25) is 0 Å². The zero-order valence-electron chi connectivity index (χ0n) is 16.1. The Kier molecular flexibility index (Phi) is 10.0. The number of allylic oxidation sites excluding steroid dienone is 1. The monoisotopic (exact) mass is 399 g/mol. The van der Waals surface area contributed by atoms with E-state index in [2.05, 4.69) is 16.6 Å². The Morgan fingerprint density at radius 2 is 1.79 bits per heavy atom. The number of hydrogen-bond donors (Lipinski definition) is 0. The largest absolute Gasteiger partial charge is 0.463 e. The molecule has 1 unspecified atom stereocenters. The fourth-order valence-electron chi connectivity index (χ4n) is 2.63. The highest BCUT2D eigenvalue weighted by atomic mass is 16.7. The van der Waals surface area contributed by atoms with E-state index >= 15 is 0 Å². The SMILES string of the molecule is C=CCCCOC1O[C@H](COC(C)=O)[C@H](OC(C)=O)[C@H](OC(C)=O)[C@H]1N=[N+]=[N-]. The van der Waals surface area contributed by atoms with Crippen LogP contribution in [-0.2, 0) is 38.1 Å². The molecule has 0 radical (unpaired) electrons.